The summed E-state index contributed by atoms with van der Waals surface area (Å²) in [5, 5.41) is 33.3. The van der Waals surface area contributed by atoms with E-state index in [1.165, 1.54) is 18.2 Å². The van der Waals surface area contributed by atoms with Crippen molar-refractivity contribution in [2.24, 2.45) is 7.05 Å². The number of anilines is 1. The first-order valence-corrected chi connectivity index (χ1v) is 10.5. The van der Waals surface area contributed by atoms with Gasteiger partial charge in [-0.15, -0.1) is 0 Å². The number of benzene rings is 2. The Hall–Kier alpha value is -3.67. The summed E-state index contributed by atoms with van der Waals surface area (Å²) >= 11 is 5.82. The van der Waals surface area contributed by atoms with Gasteiger partial charge in [-0.05, 0) is 55.0 Å². The molecule has 0 unspecified atom stereocenters. The van der Waals surface area contributed by atoms with E-state index in [0.717, 1.165) is 11.3 Å². The molecule has 3 aromatic rings. The zero-order valence-electron chi connectivity index (χ0n) is 18.1. The van der Waals surface area contributed by atoms with Gasteiger partial charge >= 0.3 is 0 Å². The smallest absolute Gasteiger partial charge is 0.162 e. The second kappa shape index (κ2) is 12.0. The minimum atomic E-state index is -0.462. The van der Waals surface area contributed by atoms with Gasteiger partial charge in [0.15, 0.2) is 5.69 Å². The monoisotopic (exact) mass is 483 g/mol. The molecule has 2 aromatic carbocycles. The molecule has 0 amide bonds. The van der Waals surface area contributed by atoms with E-state index >= 15 is 0 Å². The van der Waals surface area contributed by atoms with E-state index < -0.39 is 11.9 Å². The highest BCUT2D eigenvalue weighted by Crippen LogP contribution is 2.29. The molecule has 0 aliphatic rings. The average molecular weight is 484 g/mol. The molecule has 178 valence electrons. The van der Waals surface area contributed by atoms with Gasteiger partial charge in [-0.2, -0.15) is 10.4 Å². The number of nitrogens with one attached hydrogen (secondary N) is 2. The maximum absolute atomic E-state index is 14.1. The summed E-state index contributed by atoms with van der Waals surface area (Å²) in [6, 6.07) is 14.6. The summed E-state index contributed by atoms with van der Waals surface area (Å²) in [7, 11) is 1.72. The molecule has 0 saturated carbocycles. The van der Waals surface area contributed by atoms with Crippen LogP contribution in [-0.4, -0.2) is 20.1 Å². The van der Waals surface area contributed by atoms with E-state index in [0.29, 0.717) is 23.4 Å². The Kier molecular flexibility index (Phi) is 9.36. The van der Waals surface area contributed by atoms with Crippen LogP contribution in [0.4, 0.5) is 10.1 Å². The number of ether oxygens (including phenoxy) is 1. The molecule has 0 saturated heterocycles. The van der Waals surface area contributed by atoms with Crippen LogP contribution in [-0.2, 0) is 24.8 Å². The van der Waals surface area contributed by atoms with E-state index in [2.05, 4.69) is 10.4 Å². The van der Waals surface area contributed by atoms with Gasteiger partial charge in [0.05, 0.1) is 12.7 Å². The number of rotatable bonds is 9. The number of halogens is 2. The lowest BCUT2D eigenvalue weighted by Gasteiger charge is -2.20. The summed E-state index contributed by atoms with van der Waals surface area (Å²) in [4.78, 5) is 0. The van der Waals surface area contributed by atoms with E-state index in [1.807, 2.05) is 13.0 Å². The Morgan fingerprint density at radius 1 is 1.32 bits per heavy atom. The van der Waals surface area contributed by atoms with Gasteiger partial charge in [0.25, 0.3) is 0 Å². The number of aromatic nitrogens is 2. The summed E-state index contributed by atoms with van der Waals surface area (Å²) in [5.74, 6) is -0.237. The first-order valence-electron chi connectivity index (χ1n) is 10.1. The van der Waals surface area contributed by atoms with Crippen molar-refractivity contribution >= 4 is 22.5 Å². The third-order valence-corrected chi connectivity index (χ3v) is 5.06. The van der Waals surface area contributed by atoms with Crippen LogP contribution in [0.25, 0.3) is 0 Å². The van der Waals surface area contributed by atoms with Crippen molar-refractivity contribution in [2.45, 2.75) is 33.5 Å². The highest BCUT2D eigenvalue weighted by molar-refractivity contribution is 6.67. The van der Waals surface area contributed by atoms with Crippen molar-refractivity contribution in [3.8, 4) is 11.8 Å². The molecule has 0 spiro atoms. The molecule has 0 radical (unpaired) electrons. The highest BCUT2D eigenvalue weighted by Gasteiger charge is 2.15. The largest absolute Gasteiger partial charge is 0.508 e. The van der Waals surface area contributed by atoms with E-state index in [4.69, 9.17) is 27.0 Å². The fourth-order valence-electron chi connectivity index (χ4n) is 3.27. The van der Waals surface area contributed by atoms with Crippen LogP contribution in [0.1, 0.15) is 43.0 Å². The molecule has 0 aliphatic heterocycles. The summed E-state index contributed by atoms with van der Waals surface area (Å²) in [6.07, 6.45) is 1.31. The van der Waals surface area contributed by atoms with Crippen molar-refractivity contribution < 1.29 is 14.2 Å². The third kappa shape index (κ3) is 7.17. The number of phenolic OH excluding ortho intramolecular Hbond substituents is 1. The highest BCUT2D eigenvalue weighted by atomic mass is 35.5. The van der Waals surface area contributed by atoms with Crippen LogP contribution in [0.15, 0.2) is 60.3 Å². The molecule has 1 atom stereocenters. The number of aromatic hydroxyl groups is 1. The second-order valence-corrected chi connectivity index (χ2v) is 7.83. The van der Waals surface area contributed by atoms with Gasteiger partial charge in [-0.3, -0.25) is 10.1 Å². The van der Waals surface area contributed by atoms with Crippen LogP contribution < -0.4 is 5.32 Å². The molecule has 9 heteroatoms. The number of phenols is 1. The molecule has 1 aromatic heterocycles. The van der Waals surface area contributed by atoms with Crippen LogP contribution in [0.5, 0.6) is 5.75 Å². The van der Waals surface area contributed by atoms with Gasteiger partial charge in [-0.25, -0.2) is 4.39 Å². The Morgan fingerprint density at radius 2 is 2.03 bits per heavy atom. The maximum atomic E-state index is 14.1. The normalized spacial score (nSPS) is 11.9. The first kappa shape index (κ1) is 26.6. The molecular weight excluding hydrogens is 457 g/mol. The van der Waals surface area contributed by atoms with Gasteiger partial charge in [0.1, 0.15) is 22.8 Å². The molecule has 1 heterocycles. The standard InChI is InChI=1S/C24H23ClFN5O2.CH4/c1-15(33-14-16-3-6-21(32)7-4-16)22-9-17(26)5-8-23(22)29-18(12-24(25)28)10-20-11-19(13-27)30-31(20)2;/h3-9,11-12,15,28-29,32H,10,14H2,1-2H3;1H4/b18-12-,28-24?;/t15-;/m1./s1. The lowest BCUT2D eigenvalue weighted by atomic mass is 10.1. The number of nitriles is 1. The van der Waals surface area contributed by atoms with Crippen LogP contribution >= 0.6 is 11.6 Å². The zero-order chi connectivity index (χ0) is 24.0. The number of aryl methyl sites for hydroxylation is 1. The van der Waals surface area contributed by atoms with Crippen molar-refractivity contribution in [3.63, 3.8) is 0 Å². The van der Waals surface area contributed by atoms with Crippen molar-refractivity contribution in [1.82, 2.24) is 9.78 Å². The van der Waals surface area contributed by atoms with E-state index in [9.17, 15) is 9.50 Å². The molecule has 3 rings (SSSR count). The van der Waals surface area contributed by atoms with Crippen LogP contribution in [0, 0.1) is 22.6 Å². The van der Waals surface area contributed by atoms with Crippen LogP contribution in [0.2, 0.25) is 0 Å². The predicted octanol–water partition coefficient (Wildman–Crippen LogP) is 5.80. The minimum Gasteiger partial charge on any atom is -0.508 e. The molecular formula is C25H27ClFN5O2. The topological polar surface area (TPSA) is 107 Å². The molecule has 7 nitrogen and oxygen atoms in total. The molecule has 3 N–H and O–H groups in total. The van der Waals surface area contributed by atoms with Gasteiger partial charge in [-0.1, -0.05) is 31.2 Å². The number of hydrogen-bond acceptors (Lipinski definition) is 6. The van der Waals surface area contributed by atoms with Crippen molar-refractivity contribution in [1.29, 1.82) is 10.7 Å². The first-order chi connectivity index (χ1) is 15.7. The Labute approximate surface area is 203 Å². The van der Waals surface area contributed by atoms with E-state index in [-0.39, 0.29) is 30.6 Å². The second-order valence-electron chi connectivity index (χ2n) is 7.43. The van der Waals surface area contributed by atoms with Crippen molar-refractivity contribution in [3.05, 3.63) is 88.6 Å². The molecule has 0 fully saturated rings. The van der Waals surface area contributed by atoms with Crippen molar-refractivity contribution in [2.75, 3.05) is 5.32 Å². The average Bonchev–Trinajstić information content (AvgIpc) is 3.13. The lowest BCUT2D eigenvalue weighted by Crippen LogP contribution is -2.11. The molecule has 0 aliphatic carbocycles. The Morgan fingerprint density at radius 3 is 2.65 bits per heavy atom. The minimum absolute atomic E-state index is 0. The quantitative estimate of drug-likeness (QED) is 0.333. The molecule has 34 heavy (non-hydrogen) atoms. The number of nitrogens with zero attached hydrogens (tertiary/aromatic N) is 3. The summed E-state index contributed by atoms with van der Waals surface area (Å²) < 4.78 is 21.6. The molecule has 0 bridgehead atoms. The fraction of sp³-hybridized carbons (Fsp3) is 0.240. The number of allylic oxidation sites excluding steroid dienone is 2. The lowest BCUT2D eigenvalue weighted by molar-refractivity contribution is 0.0528. The zero-order valence-corrected chi connectivity index (χ0v) is 18.9. The third-order valence-electron chi connectivity index (χ3n) is 4.95. The SMILES string of the molecule is C.C[C@@H](OCc1ccc(O)cc1)c1cc(F)ccc1N/C(=C\C(=N)Cl)Cc1cc(C#N)nn1C. The van der Waals surface area contributed by atoms with Gasteiger partial charge < -0.3 is 15.2 Å². The summed E-state index contributed by atoms with van der Waals surface area (Å²) in [6.45, 7) is 2.09. The van der Waals surface area contributed by atoms with E-state index in [1.54, 1.807) is 48.1 Å². The Balaban J connectivity index is 0.00000408. The predicted molar refractivity (Wildman–Crippen MR) is 131 cm³/mol. The van der Waals surface area contributed by atoms with Crippen LogP contribution in [0.3, 0.4) is 0 Å². The number of hydrogen-bond donors (Lipinski definition) is 3. The fourth-order valence-corrected chi connectivity index (χ4v) is 3.40. The van der Waals surface area contributed by atoms with Gasteiger partial charge in [0.2, 0.25) is 0 Å². The summed E-state index contributed by atoms with van der Waals surface area (Å²) in [5.41, 5.74) is 3.65. The van der Waals surface area contributed by atoms with Gasteiger partial charge in [0, 0.05) is 36.1 Å². The maximum Gasteiger partial charge on any atom is 0.162 e. The Bertz CT molecular complexity index is 1220.